The Balaban J connectivity index is 2.20. The second-order valence-corrected chi connectivity index (χ2v) is 6.13. The second kappa shape index (κ2) is 9.24. The number of carbonyl (C=O) groups is 2. The van der Waals surface area contributed by atoms with Gasteiger partial charge in [-0.2, -0.15) is 0 Å². The second-order valence-electron chi connectivity index (χ2n) is 6.13. The van der Waals surface area contributed by atoms with Crippen LogP contribution in [-0.2, 0) is 14.3 Å². The van der Waals surface area contributed by atoms with Crippen molar-refractivity contribution in [1.82, 2.24) is 10.6 Å². The predicted molar refractivity (Wildman–Crippen MR) is 96.8 cm³/mol. The van der Waals surface area contributed by atoms with Gasteiger partial charge in [0.05, 0.1) is 30.9 Å². The number of urea groups is 1. The van der Waals surface area contributed by atoms with E-state index in [9.17, 15) is 9.59 Å². The first-order valence-corrected chi connectivity index (χ1v) is 8.72. The number of ether oxygens (including phenoxy) is 3. The summed E-state index contributed by atoms with van der Waals surface area (Å²) in [6, 6.07) is 6.32. The molecule has 0 radical (unpaired) electrons. The van der Waals surface area contributed by atoms with Crippen LogP contribution in [0.1, 0.15) is 39.3 Å². The first kappa shape index (κ1) is 19.8. The van der Waals surface area contributed by atoms with Crippen LogP contribution in [0, 0.1) is 0 Å². The van der Waals surface area contributed by atoms with Gasteiger partial charge in [-0.1, -0.05) is 12.1 Å². The van der Waals surface area contributed by atoms with Gasteiger partial charge in [-0.25, -0.2) is 9.59 Å². The highest BCUT2D eigenvalue weighted by atomic mass is 16.6. The summed E-state index contributed by atoms with van der Waals surface area (Å²) in [5, 5.41) is 5.40. The lowest BCUT2D eigenvalue weighted by atomic mass is 9.95. The van der Waals surface area contributed by atoms with Crippen LogP contribution < -0.4 is 15.4 Å². The first-order valence-electron chi connectivity index (χ1n) is 8.72. The summed E-state index contributed by atoms with van der Waals surface area (Å²) >= 11 is 0. The molecule has 7 heteroatoms. The van der Waals surface area contributed by atoms with Gasteiger partial charge in [-0.15, -0.1) is 0 Å². The van der Waals surface area contributed by atoms with Crippen molar-refractivity contribution in [3.63, 3.8) is 0 Å². The van der Waals surface area contributed by atoms with Gasteiger partial charge in [0.15, 0.2) is 0 Å². The van der Waals surface area contributed by atoms with Crippen molar-refractivity contribution in [2.75, 3.05) is 19.8 Å². The molecule has 2 N–H and O–H groups in total. The Morgan fingerprint density at radius 1 is 1.27 bits per heavy atom. The van der Waals surface area contributed by atoms with Crippen LogP contribution in [0.25, 0.3) is 0 Å². The van der Waals surface area contributed by atoms with Gasteiger partial charge in [0.25, 0.3) is 0 Å². The van der Waals surface area contributed by atoms with E-state index in [1.165, 1.54) is 0 Å². The highest BCUT2D eigenvalue weighted by molar-refractivity contribution is 5.95. The van der Waals surface area contributed by atoms with Crippen molar-refractivity contribution in [2.24, 2.45) is 0 Å². The molecule has 26 heavy (non-hydrogen) atoms. The third-order valence-corrected chi connectivity index (χ3v) is 3.76. The Hall–Kier alpha value is -2.54. The molecule has 1 aliphatic rings. The molecule has 2 amide bonds. The van der Waals surface area contributed by atoms with Gasteiger partial charge in [0.2, 0.25) is 0 Å². The maximum atomic E-state index is 12.6. The maximum absolute atomic E-state index is 12.6. The average Bonchev–Trinajstić information content (AvgIpc) is 2.58. The number of allylic oxidation sites excluding steroid dienone is 1. The number of rotatable bonds is 8. The third-order valence-electron chi connectivity index (χ3n) is 3.76. The molecule has 1 heterocycles. The molecule has 1 atom stereocenters. The minimum atomic E-state index is -0.609. The molecule has 7 nitrogen and oxygen atoms in total. The summed E-state index contributed by atoms with van der Waals surface area (Å²) in [6.07, 6.45) is 0.0688. The smallest absolute Gasteiger partial charge is 0.338 e. The molecule has 0 saturated heterocycles. The highest BCUT2D eigenvalue weighted by Gasteiger charge is 2.32. The maximum Gasteiger partial charge on any atom is 0.338 e. The minimum absolute atomic E-state index is 0.0688. The van der Waals surface area contributed by atoms with E-state index in [-0.39, 0.29) is 18.7 Å². The molecule has 2 rings (SSSR count). The fourth-order valence-electron chi connectivity index (χ4n) is 2.66. The zero-order chi connectivity index (χ0) is 19.1. The number of carbonyl (C=O) groups excluding carboxylic acids is 2. The third kappa shape index (κ3) is 5.23. The van der Waals surface area contributed by atoms with Crippen molar-refractivity contribution in [1.29, 1.82) is 0 Å². The van der Waals surface area contributed by atoms with E-state index in [0.717, 1.165) is 5.56 Å². The fraction of sp³-hybridized carbons (Fsp3) is 0.474. The zero-order valence-corrected chi connectivity index (χ0v) is 15.6. The number of benzene rings is 1. The van der Waals surface area contributed by atoms with E-state index in [0.29, 0.717) is 30.2 Å². The number of esters is 1. The van der Waals surface area contributed by atoms with Gasteiger partial charge in [-0.05, 0) is 45.4 Å². The van der Waals surface area contributed by atoms with E-state index in [2.05, 4.69) is 10.6 Å². The van der Waals surface area contributed by atoms with Crippen molar-refractivity contribution in [3.8, 4) is 5.75 Å². The topological polar surface area (TPSA) is 85.9 Å². The lowest BCUT2D eigenvalue weighted by Gasteiger charge is -2.28. The van der Waals surface area contributed by atoms with Crippen molar-refractivity contribution >= 4 is 12.0 Å². The van der Waals surface area contributed by atoms with Gasteiger partial charge in [0, 0.05) is 5.70 Å². The summed E-state index contributed by atoms with van der Waals surface area (Å²) in [5.41, 5.74) is 1.58. The van der Waals surface area contributed by atoms with E-state index in [4.69, 9.17) is 14.2 Å². The first-order chi connectivity index (χ1) is 12.4. The van der Waals surface area contributed by atoms with Crippen LogP contribution in [0.3, 0.4) is 0 Å². The summed E-state index contributed by atoms with van der Waals surface area (Å²) < 4.78 is 16.2. The molecule has 0 saturated carbocycles. The lowest BCUT2D eigenvalue weighted by molar-refractivity contribution is -0.141. The largest absolute Gasteiger partial charge is 0.494 e. The molecule has 0 unspecified atom stereocenters. The summed E-state index contributed by atoms with van der Waals surface area (Å²) in [5.74, 6) is 0.183. The molecule has 142 valence electrons. The molecule has 0 aromatic heterocycles. The van der Waals surface area contributed by atoms with Gasteiger partial charge in [0.1, 0.15) is 12.4 Å². The fourth-order valence-corrected chi connectivity index (χ4v) is 2.66. The molecule has 0 fully saturated rings. The average molecular weight is 362 g/mol. The summed E-state index contributed by atoms with van der Waals surface area (Å²) in [6.45, 7) is 8.40. The Kier molecular flexibility index (Phi) is 7.03. The van der Waals surface area contributed by atoms with E-state index < -0.39 is 12.0 Å². The van der Waals surface area contributed by atoms with Crippen LogP contribution in [0.15, 0.2) is 35.5 Å². The Morgan fingerprint density at radius 3 is 2.73 bits per heavy atom. The van der Waals surface area contributed by atoms with Crippen molar-refractivity contribution in [2.45, 2.75) is 39.8 Å². The molecule has 0 bridgehead atoms. The molecular formula is C19H26N2O5. The van der Waals surface area contributed by atoms with Gasteiger partial charge < -0.3 is 24.8 Å². The predicted octanol–water partition coefficient (Wildman–Crippen LogP) is 2.68. The lowest BCUT2D eigenvalue weighted by Crippen LogP contribution is -2.45. The molecule has 1 aromatic rings. The monoisotopic (exact) mass is 362 g/mol. The summed E-state index contributed by atoms with van der Waals surface area (Å²) in [4.78, 5) is 24.5. The Bertz CT molecular complexity index is 684. The standard InChI is InChI=1S/C19H26N2O5/c1-5-24-15-8-6-7-14(11-15)17-16(13(4)20-19(23)21-17)18(22)26-10-9-25-12(2)3/h6-8,11-12,17H,5,9-10H2,1-4H3,(H2,20,21,23)/t17-/m0/s1. The van der Waals surface area contributed by atoms with Crippen LogP contribution in [0.4, 0.5) is 4.79 Å². The molecule has 1 aliphatic heterocycles. The van der Waals surface area contributed by atoms with Crippen LogP contribution in [0.2, 0.25) is 0 Å². The van der Waals surface area contributed by atoms with Crippen molar-refractivity contribution < 1.29 is 23.8 Å². The molecule has 0 aliphatic carbocycles. The SMILES string of the molecule is CCOc1cccc([C@@H]2NC(=O)NC(C)=C2C(=O)OCCOC(C)C)c1. The number of amides is 2. The van der Waals surface area contributed by atoms with E-state index in [1.54, 1.807) is 6.92 Å². The van der Waals surface area contributed by atoms with Crippen LogP contribution in [-0.4, -0.2) is 37.9 Å². The van der Waals surface area contributed by atoms with Crippen LogP contribution >= 0.6 is 0 Å². The Labute approximate surface area is 153 Å². The molecule has 1 aromatic carbocycles. The minimum Gasteiger partial charge on any atom is -0.494 e. The highest BCUT2D eigenvalue weighted by Crippen LogP contribution is 2.29. The van der Waals surface area contributed by atoms with Gasteiger partial charge >= 0.3 is 12.0 Å². The normalized spacial score (nSPS) is 17.0. The molecule has 0 spiro atoms. The Morgan fingerprint density at radius 2 is 2.04 bits per heavy atom. The summed E-state index contributed by atoms with van der Waals surface area (Å²) in [7, 11) is 0. The number of hydrogen-bond acceptors (Lipinski definition) is 5. The quantitative estimate of drug-likeness (QED) is 0.548. The molecular weight excluding hydrogens is 336 g/mol. The van der Waals surface area contributed by atoms with Crippen LogP contribution in [0.5, 0.6) is 5.75 Å². The van der Waals surface area contributed by atoms with E-state index in [1.807, 2.05) is 45.0 Å². The van der Waals surface area contributed by atoms with Crippen molar-refractivity contribution in [3.05, 3.63) is 41.1 Å². The zero-order valence-electron chi connectivity index (χ0n) is 15.6. The number of nitrogens with one attached hydrogen (secondary N) is 2. The van der Waals surface area contributed by atoms with E-state index >= 15 is 0 Å². The number of hydrogen-bond donors (Lipinski definition) is 2. The van der Waals surface area contributed by atoms with Gasteiger partial charge in [-0.3, -0.25) is 0 Å².